The predicted molar refractivity (Wildman–Crippen MR) is 142 cm³/mol. The fourth-order valence-electron chi connectivity index (χ4n) is 4.22. The van der Waals surface area contributed by atoms with Crippen LogP contribution in [0.15, 0.2) is 121 Å². The van der Waals surface area contributed by atoms with Gasteiger partial charge < -0.3 is 0 Å². The number of ketones is 1. The van der Waals surface area contributed by atoms with Gasteiger partial charge in [0.05, 0.1) is 17.6 Å². The fraction of sp³-hybridized carbons (Fsp3) is 0.0345. The van der Waals surface area contributed by atoms with Gasteiger partial charge in [-0.2, -0.15) is 0 Å². The molecule has 34 heavy (non-hydrogen) atoms. The van der Waals surface area contributed by atoms with Gasteiger partial charge in [0.25, 0.3) is 0 Å². The molecular weight excluding hydrogens is 437 g/mol. The van der Waals surface area contributed by atoms with Crippen LogP contribution in [0.1, 0.15) is 16.1 Å². The molecule has 0 spiro atoms. The molecule has 0 N–H and O–H groups in total. The van der Waals surface area contributed by atoms with Crippen LogP contribution in [0.4, 0.5) is 0 Å². The SMILES string of the molecule is Cc1cnnn1-c1ccc(C(=O)C=P(c2ccccc2)(c2ccccc2)c2ccccc2)cc1. The summed E-state index contributed by atoms with van der Waals surface area (Å²) in [6, 6.07) is 38.7. The Bertz CT molecular complexity index is 1360. The molecular formula is C29H24N3OP. The van der Waals surface area contributed by atoms with Crippen molar-refractivity contribution >= 4 is 34.4 Å². The largest absolute Gasteiger partial charge is 0.289 e. The highest BCUT2D eigenvalue weighted by atomic mass is 31.2. The molecule has 0 radical (unpaired) electrons. The Morgan fingerprint density at radius 1 is 0.706 bits per heavy atom. The van der Waals surface area contributed by atoms with Crippen molar-refractivity contribution in [3.63, 3.8) is 0 Å². The van der Waals surface area contributed by atoms with Gasteiger partial charge in [-0.1, -0.05) is 96.2 Å². The zero-order chi connectivity index (χ0) is 23.4. The normalized spacial score (nSPS) is 11.2. The number of nitrogens with zero attached hydrogens (tertiary/aromatic N) is 3. The molecule has 0 bridgehead atoms. The topological polar surface area (TPSA) is 47.8 Å². The average molecular weight is 462 g/mol. The van der Waals surface area contributed by atoms with E-state index in [4.69, 9.17) is 0 Å². The summed E-state index contributed by atoms with van der Waals surface area (Å²) < 4.78 is 1.76. The first-order chi connectivity index (χ1) is 16.7. The Kier molecular flexibility index (Phi) is 6.07. The first kappa shape index (κ1) is 21.8. The molecule has 0 aliphatic heterocycles. The Balaban J connectivity index is 1.70. The van der Waals surface area contributed by atoms with E-state index in [9.17, 15) is 4.79 Å². The lowest BCUT2D eigenvalue weighted by molar-refractivity contribution is 0.107. The lowest BCUT2D eigenvalue weighted by Gasteiger charge is -2.28. The van der Waals surface area contributed by atoms with Crippen molar-refractivity contribution in [1.29, 1.82) is 0 Å². The maximum Gasteiger partial charge on any atom is 0.186 e. The first-order valence-corrected chi connectivity index (χ1v) is 13.0. The third kappa shape index (κ3) is 4.05. The van der Waals surface area contributed by atoms with E-state index in [1.54, 1.807) is 10.9 Å². The van der Waals surface area contributed by atoms with Gasteiger partial charge in [0.2, 0.25) is 0 Å². The van der Waals surface area contributed by atoms with Gasteiger partial charge in [-0.25, -0.2) is 4.68 Å². The van der Waals surface area contributed by atoms with Crippen LogP contribution in [-0.4, -0.2) is 26.6 Å². The zero-order valence-electron chi connectivity index (χ0n) is 18.8. The molecule has 1 aromatic heterocycles. The minimum Gasteiger partial charge on any atom is -0.289 e. The number of aryl methyl sites for hydroxylation is 1. The molecule has 0 unspecified atom stereocenters. The summed E-state index contributed by atoms with van der Waals surface area (Å²) >= 11 is 0. The summed E-state index contributed by atoms with van der Waals surface area (Å²) in [7, 11) is 0. The quantitative estimate of drug-likeness (QED) is 0.275. The molecule has 0 atom stereocenters. The number of hydrogen-bond donors (Lipinski definition) is 0. The Morgan fingerprint density at radius 3 is 1.59 bits per heavy atom. The molecule has 166 valence electrons. The smallest absolute Gasteiger partial charge is 0.186 e. The van der Waals surface area contributed by atoms with Gasteiger partial charge in [-0.15, -0.1) is 5.10 Å². The van der Waals surface area contributed by atoms with E-state index in [0.29, 0.717) is 5.56 Å². The average Bonchev–Trinajstić information content (AvgIpc) is 3.34. The number of carbonyl (C=O) groups is 1. The molecule has 4 nitrogen and oxygen atoms in total. The van der Waals surface area contributed by atoms with Gasteiger partial charge in [-0.3, -0.25) is 4.79 Å². The maximum absolute atomic E-state index is 13.8. The highest BCUT2D eigenvalue weighted by molar-refractivity contribution is 7.95. The van der Waals surface area contributed by atoms with E-state index >= 15 is 0 Å². The Morgan fingerprint density at radius 2 is 1.18 bits per heavy atom. The van der Waals surface area contributed by atoms with Crippen LogP contribution < -0.4 is 15.9 Å². The zero-order valence-corrected chi connectivity index (χ0v) is 19.7. The number of benzene rings is 4. The number of carbonyl (C=O) groups excluding carboxylic acids is 1. The second kappa shape index (κ2) is 9.46. The monoisotopic (exact) mass is 461 g/mol. The summed E-state index contributed by atoms with van der Waals surface area (Å²) in [4.78, 5) is 13.8. The summed E-state index contributed by atoms with van der Waals surface area (Å²) in [5.74, 6) is 1.97. The van der Waals surface area contributed by atoms with Crippen LogP contribution in [-0.2, 0) is 0 Å². The lowest BCUT2D eigenvalue weighted by atomic mass is 10.1. The van der Waals surface area contributed by atoms with Crippen molar-refractivity contribution in [2.24, 2.45) is 0 Å². The van der Waals surface area contributed by atoms with Crippen molar-refractivity contribution in [3.8, 4) is 5.69 Å². The number of Topliss-reactive ketones (excluding diaryl/α,β-unsaturated/α-hetero) is 1. The van der Waals surface area contributed by atoms with Gasteiger partial charge in [0.15, 0.2) is 5.78 Å². The molecule has 5 heteroatoms. The van der Waals surface area contributed by atoms with E-state index < -0.39 is 6.89 Å². The van der Waals surface area contributed by atoms with Gasteiger partial charge in [0, 0.05) is 5.56 Å². The Hall–Kier alpha value is -4.01. The summed E-state index contributed by atoms with van der Waals surface area (Å²) in [5, 5.41) is 11.5. The molecule has 5 aromatic rings. The van der Waals surface area contributed by atoms with Gasteiger partial charge in [-0.05, 0) is 59.8 Å². The molecule has 0 aliphatic carbocycles. The first-order valence-electron chi connectivity index (χ1n) is 11.1. The molecule has 4 aromatic carbocycles. The molecule has 1 heterocycles. The van der Waals surface area contributed by atoms with E-state index in [1.165, 1.54) is 0 Å². The molecule has 0 amide bonds. The number of hydrogen-bond acceptors (Lipinski definition) is 3. The van der Waals surface area contributed by atoms with E-state index in [-0.39, 0.29) is 5.78 Å². The van der Waals surface area contributed by atoms with Crippen molar-refractivity contribution < 1.29 is 4.79 Å². The standard InChI is InChI=1S/C29H24N3OP/c1-23-21-30-31-32(23)25-19-17-24(18-20-25)29(33)22-34(26-11-5-2-6-12-26,27-13-7-3-8-14-27)28-15-9-4-10-16-28/h2-22H,1H3. The van der Waals surface area contributed by atoms with Crippen molar-refractivity contribution in [3.05, 3.63) is 133 Å². The second-order valence-corrected chi connectivity index (χ2v) is 11.3. The maximum atomic E-state index is 13.8. The van der Waals surface area contributed by atoms with Crippen LogP contribution in [0.2, 0.25) is 0 Å². The molecule has 5 rings (SSSR count). The minimum absolute atomic E-state index is 0.00625. The number of rotatable bonds is 6. The summed E-state index contributed by atoms with van der Waals surface area (Å²) in [6.45, 7) is -0.395. The van der Waals surface area contributed by atoms with Crippen molar-refractivity contribution in [2.75, 3.05) is 0 Å². The van der Waals surface area contributed by atoms with Crippen LogP contribution in [0.25, 0.3) is 5.69 Å². The summed E-state index contributed by atoms with van der Waals surface area (Å²) in [5.41, 5.74) is 2.46. The fourth-order valence-corrected chi connectivity index (χ4v) is 7.99. The van der Waals surface area contributed by atoms with Crippen LogP contribution in [0, 0.1) is 6.92 Å². The van der Waals surface area contributed by atoms with Crippen LogP contribution in [0.5, 0.6) is 0 Å². The third-order valence-corrected chi connectivity index (χ3v) is 9.88. The van der Waals surface area contributed by atoms with Crippen LogP contribution >= 0.6 is 6.89 Å². The predicted octanol–water partition coefficient (Wildman–Crippen LogP) is 4.55. The van der Waals surface area contributed by atoms with E-state index in [0.717, 1.165) is 27.3 Å². The van der Waals surface area contributed by atoms with Crippen molar-refractivity contribution in [2.45, 2.75) is 6.92 Å². The molecule has 0 fully saturated rings. The summed E-state index contributed by atoms with van der Waals surface area (Å²) in [6.07, 6.45) is 1.71. The Labute approximate surface area is 199 Å². The molecule has 0 saturated heterocycles. The highest BCUT2D eigenvalue weighted by Gasteiger charge is 2.26. The van der Waals surface area contributed by atoms with E-state index in [1.807, 2.05) is 91.6 Å². The third-order valence-electron chi connectivity index (χ3n) is 5.92. The second-order valence-electron chi connectivity index (χ2n) is 8.06. The molecule has 0 aliphatic rings. The highest BCUT2D eigenvalue weighted by Crippen LogP contribution is 2.43. The van der Waals surface area contributed by atoms with Crippen molar-refractivity contribution in [1.82, 2.24) is 15.0 Å². The minimum atomic E-state index is -2.34. The van der Waals surface area contributed by atoms with E-state index in [2.05, 4.69) is 46.7 Å². The number of aromatic nitrogens is 3. The van der Waals surface area contributed by atoms with Gasteiger partial charge >= 0.3 is 0 Å². The van der Waals surface area contributed by atoms with Crippen LogP contribution in [0.3, 0.4) is 0 Å². The molecule has 0 saturated carbocycles. The lowest BCUT2D eigenvalue weighted by Crippen LogP contribution is -2.28. The van der Waals surface area contributed by atoms with Gasteiger partial charge in [0.1, 0.15) is 0 Å².